The number of para-hydroxylation sites is 1. The fourth-order valence-corrected chi connectivity index (χ4v) is 2.91. The van der Waals surface area contributed by atoms with Crippen LogP contribution in [0, 0.1) is 0 Å². The van der Waals surface area contributed by atoms with Crippen molar-refractivity contribution < 1.29 is 4.79 Å². The van der Waals surface area contributed by atoms with Gasteiger partial charge in [-0.1, -0.05) is 24.3 Å². The summed E-state index contributed by atoms with van der Waals surface area (Å²) in [6.45, 7) is 4.08. The minimum atomic E-state index is -0.395. The quantitative estimate of drug-likeness (QED) is 0.561. The van der Waals surface area contributed by atoms with Gasteiger partial charge in [-0.15, -0.1) is 10.2 Å². The molecule has 0 spiro atoms. The Hall–Kier alpha value is -3.81. The molecule has 140 valence electrons. The normalized spacial score (nSPS) is 11.0. The Morgan fingerprint density at radius 2 is 1.86 bits per heavy atom. The van der Waals surface area contributed by atoms with Crippen LogP contribution in [-0.2, 0) is 0 Å². The van der Waals surface area contributed by atoms with Gasteiger partial charge < -0.3 is 9.88 Å². The fraction of sp³-hybridized carbons (Fsp3) is 0.150. The van der Waals surface area contributed by atoms with E-state index in [-0.39, 0.29) is 6.04 Å². The first-order valence-corrected chi connectivity index (χ1v) is 8.90. The number of hydrogen-bond acceptors (Lipinski definition) is 5. The van der Waals surface area contributed by atoms with E-state index in [0.29, 0.717) is 23.0 Å². The molecule has 2 amide bonds. The number of anilines is 2. The van der Waals surface area contributed by atoms with Gasteiger partial charge in [0.15, 0.2) is 5.82 Å². The van der Waals surface area contributed by atoms with Crippen LogP contribution < -0.4 is 10.6 Å². The molecule has 8 heteroatoms. The standard InChI is InChI=1S/C20H19N7O/c1-13(2)27-12-22-26-19(27)16-9-4-10-17(23-16)25-20(28)24-15-8-3-6-14-7-5-11-21-18(14)15/h3-13H,1-2H3,(H2,23,24,25,28). The van der Waals surface area contributed by atoms with Gasteiger partial charge >= 0.3 is 6.03 Å². The number of nitrogens with one attached hydrogen (secondary N) is 2. The molecule has 8 nitrogen and oxygen atoms in total. The summed E-state index contributed by atoms with van der Waals surface area (Å²) in [4.78, 5) is 21.3. The molecule has 0 saturated carbocycles. The van der Waals surface area contributed by atoms with Crippen LogP contribution in [0.4, 0.5) is 16.3 Å². The van der Waals surface area contributed by atoms with Gasteiger partial charge in [0.25, 0.3) is 0 Å². The Morgan fingerprint density at radius 1 is 1.04 bits per heavy atom. The number of benzene rings is 1. The number of rotatable bonds is 4. The summed E-state index contributed by atoms with van der Waals surface area (Å²) < 4.78 is 1.92. The first kappa shape index (κ1) is 17.6. The third kappa shape index (κ3) is 3.52. The Bertz CT molecular complexity index is 1130. The Kier molecular flexibility index (Phi) is 4.67. The lowest BCUT2D eigenvalue weighted by atomic mass is 10.2. The second-order valence-electron chi connectivity index (χ2n) is 6.52. The van der Waals surface area contributed by atoms with E-state index in [2.05, 4.69) is 30.8 Å². The minimum absolute atomic E-state index is 0.200. The van der Waals surface area contributed by atoms with E-state index in [0.717, 1.165) is 10.9 Å². The van der Waals surface area contributed by atoms with E-state index < -0.39 is 6.03 Å². The zero-order valence-corrected chi connectivity index (χ0v) is 15.5. The third-order valence-electron chi connectivity index (χ3n) is 4.23. The van der Waals surface area contributed by atoms with Crippen LogP contribution in [0.5, 0.6) is 0 Å². The number of carbonyl (C=O) groups is 1. The molecule has 1 aromatic carbocycles. The lowest BCUT2D eigenvalue weighted by molar-refractivity contribution is 0.262. The summed E-state index contributed by atoms with van der Waals surface area (Å²) in [5, 5.41) is 14.6. The molecule has 0 saturated heterocycles. The van der Waals surface area contributed by atoms with Crippen molar-refractivity contribution in [2.75, 3.05) is 10.6 Å². The molecule has 0 bridgehead atoms. The van der Waals surface area contributed by atoms with Gasteiger partial charge in [-0.3, -0.25) is 10.3 Å². The van der Waals surface area contributed by atoms with Gasteiger partial charge in [0.1, 0.15) is 17.8 Å². The molecule has 28 heavy (non-hydrogen) atoms. The van der Waals surface area contributed by atoms with Crippen molar-refractivity contribution >= 4 is 28.4 Å². The monoisotopic (exact) mass is 373 g/mol. The molecule has 0 aliphatic heterocycles. The third-order valence-corrected chi connectivity index (χ3v) is 4.23. The SMILES string of the molecule is CC(C)n1cnnc1-c1cccc(NC(=O)Nc2cccc3cccnc23)n1. The minimum Gasteiger partial charge on any atom is -0.310 e. The number of urea groups is 1. The molecule has 2 N–H and O–H groups in total. The number of pyridine rings is 2. The van der Waals surface area contributed by atoms with Crippen molar-refractivity contribution in [1.29, 1.82) is 0 Å². The van der Waals surface area contributed by atoms with Crippen LogP contribution in [0.25, 0.3) is 22.4 Å². The van der Waals surface area contributed by atoms with E-state index in [4.69, 9.17) is 0 Å². The molecule has 0 fully saturated rings. The van der Waals surface area contributed by atoms with Crippen LogP contribution in [0.15, 0.2) is 61.1 Å². The topological polar surface area (TPSA) is 97.6 Å². The number of fused-ring (bicyclic) bond motifs is 1. The molecule has 4 rings (SSSR count). The number of amides is 2. The molecular formula is C20H19N7O. The summed E-state index contributed by atoms with van der Waals surface area (Å²) in [6.07, 6.45) is 3.36. The van der Waals surface area contributed by atoms with Crippen LogP contribution >= 0.6 is 0 Å². The largest absolute Gasteiger partial charge is 0.324 e. The summed E-state index contributed by atoms with van der Waals surface area (Å²) in [5.74, 6) is 1.07. The van der Waals surface area contributed by atoms with Crippen LogP contribution in [0.2, 0.25) is 0 Å². The van der Waals surface area contributed by atoms with E-state index in [1.54, 1.807) is 18.6 Å². The lowest BCUT2D eigenvalue weighted by Gasteiger charge is -2.11. The predicted octanol–water partition coefficient (Wildman–Crippen LogP) is 4.11. The highest BCUT2D eigenvalue weighted by molar-refractivity contribution is 6.04. The van der Waals surface area contributed by atoms with Crippen molar-refractivity contribution in [2.45, 2.75) is 19.9 Å². The van der Waals surface area contributed by atoms with Gasteiger partial charge in [0, 0.05) is 17.6 Å². The average Bonchev–Trinajstić information content (AvgIpc) is 3.19. The van der Waals surface area contributed by atoms with Gasteiger partial charge in [0.2, 0.25) is 0 Å². The van der Waals surface area contributed by atoms with E-state index in [1.165, 1.54) is 0 Å². The van der Waals surface area contributed by atoms with Crippen molar-refractivity contribution in [3.05, 3.63) is 61.1 Å². The molecule has 3 aromatic heterocycles. The molecule has 4 aromatic rings. The second kappa shape index (κ2) is 7.43. The van der Waals surface area contributed by atoms with Crippen molar-refractivity contribution in [3.8, 4) is 11.5 Å². The fourth-order valence-electron chi connectivity index (χ4n) is 2.91. The van der Waals surface area contributed by atoms with Crippen molar-refractivity contribution in [2.24, 2.45) is 0 Å². The molecule has 0 radical (unpaired) electrons. The number of carbonyl (C=O) groups excluding carboxylic acids is 1. The maximum absolute atomic E-state index is 12.5. The maximum atomic E-state index is 12.5. The Labute approximate surface area is 161 Å². The highest BCUT2D eigenvalue weighted by Crippen LogP contribution is 2.22. The van der Waals surface area contributed by atoms with Crippen LogP contribution in [-0.4, -0.2) is 30.8 Å². The smallest absolute Gasteiger partial charge is 0.310 e. The molecule has 0 atom stereocenters. The van der Waals surface area contributed by atoms with E-state index >= 15 is 0 Å². The summed E-state index contributed by atoms with van der Waals surface area (Å²) in [7, 11) is 0. The zero-order chi connectivity index (χ0) is 19.5. The van der Waals surface area contributed by atoms with Crippen LogP contribution in [0.1, 0.15) is 19.9 Å². The van der Waals surface area contributed by atoms with E-state index in [9.17, 15) is 4.79 Å². The Balaban J connectivity index is 1.54. The molecule has 0 unspecified atom stereocenters. The molecular weight excluding hydrogens is 354 g/mol. The van der Waals surface area contributed by atoms with Gasteiger partial charge in [0.05, 0.1) is 11.2 Å². The Morgan fingerprint density at radius 3 is 2.71 bits per heavy atom. The molecule has 0 aliphatic carbocycles. The highest BCUT2D eigenvalue weighted by Gasteiger charge is 2.13. The maximum Gasteiger partial charge on any atom is 0.324 e. The molecule has 0 aliphatic rings. The first-order chi connectivity index (χ1) is 13.6. The number of aromatic nitrogens is 5. The van der Waals surface area contributed by atoms with Gasteiger partial charge in [-0.2, -0.15) is 0 Å². The number of nitrogens with zero attached hydrogens (tertiary/aromatic N) is 5. The van der Waals surface area contributed by atoms with Gasteiger partial charge in [-0.05, 0) is 38.1 Å². The van der Waals surface area contributed by atoms with Gasteiger partial charge in [-0.25, -0.2) is 9.78 Å². The number of hydrogen-bond donors (Lipinski definition) is 2. The van der Waals surface area contributed by atoms with E-state index in [1.807, 2.05) is 60.9 Å². The van der Waals surface area contributed by atoms with Crippen molar-refractivity contribution in [1.82, 2.24) is 24.7 Å². The summed E-state index contributed by atoms with van der Waals surface area (Å²) in [5.41, 5.74) is 1.99. The summed E-state index contributed by atoms with van der Waals surface area (Å²) >= 11 is 0. The molecule has 3 heterocycles. The average molecular weight is 373 g/mol. The second-order valence-corrected chi connectivity index (χ2v) is 6.52. The lowest BCUT2D eigenvalue weighted by Crippen LogP contribution is -2.20. The first-order valence-electron chi connectivity index (χ1n) is 8.90. The van der Waals surface area contributed by atoms with Crippen molar-refractivity contribution in [3.63, 3.8) is 0 Å². The highest BCUT2D eigenvalue weighted by atomic mass is 16.2. The summed E-state index contributed by atoms with van der Waals surface area (Å²) in [6, 6.07) is 14.6. The predicted molar refractivity (Wildman–Crippen MR) is 108 cm³/mol. The zero-order valence-electron chi connectivity index (χ0n) is 15.5. The van der Waals surface area contributed by atoms with Crippen LogP contribution in [0.3, 0.4) is 0 Å².